The molecule has 47 heavy (non-hydrogen) atoms. The van der Waals surface area contributed by atoms with Crippen LogP contribution in [0.4, 0.5) is 5.69 Å². The molecule has 9 atom stereocenters. The average Bonchev–Trinajstić information content (AvgIpc) is 3.43. The minimum Gasteiger partial charge on any atom is -0.494 e. The number of nitrogens with two attached hydrogens (primary N) is 1. The molecule has 0 bridgehead atoms. The smallest absolute Gasteiger partial charge is 0.121 e. The van der Waals surface area contributed by atoms with Crippen molar-refractivity contribution in [3.8, 4) is 5.75 Å². The molecular formula is C40H68N2O5. The SMILES string of the molecule is C[C@H](CCCOc1cccc(NCCCOCCOCCOCCCN)c1)[C@H]1CC[C@H]2[C@@H]3CC[C@@H]4C[C@H](O)CC[C@]4(C)[C@H]3CC[C@]12C. The molecule has 268 valence electrons. The molecule has 4 fully saturated rings. The predicted octanol–water partition coefficient (Wildman–Crippen LogP) is 7.70. The van der Waals surface area contributed by atoms with Crippen LogP contribution in [0.5, 0.6) is 5.75 Å². The molecule has 4 aliphatic carbocycles. The zero-order chi connectivity index (χ0) is 33.1. The maximum Gasteiger partial charge on any atom is 0.121 e. The van der Waals surface area contributed by atoms with Gasteiger partial charge in [-0.25, -0.2) is 0 Å². The Morgan fingerprint density at radius 1 is 0.830 bits per heavy atom. The summed E-state index contributed by atoms with van der Waals surface area (Å²) in [7, 11) is 0. The van der Waals surface area contributed by atoms with E-state index in [2.05, 4.69) is 50.4 Å². The van der Waals surface area contributed by atoms with Crippen LogP contribution in [0.1, 0.15) is 104 Å². The molecular weight excluding hydrogens is 588 g/mol. The molecule has 0 amide bonds. The van der Waals surface area contributed by atoms with E-state index >= 15 is 0 Å². The first-order valence-corrected chi connectivity index (χ1v) is 19.4. The summed E-state index contributed by atoms with van der Waals surface area (Å²) in [6.45, 7) is 14.0. The van der Waals surface area contributed by atoms with Crippen LogP contribution in [0, 0.1) is 46.3 Å². The van der Waals surface area contributed by atoms with Crippen molar-refractivity contribution in [3.05, 3.63) is 24.3 Å². The number of aliphatic hydroxyl groups is 1. The third kappa shape index (κ3) is 9.45. The van der Waals surface area contributed by atoms with Gasteiger partial charge in [0.05, 0.1) is 39.1 Å². The molecule has 5 rings (SSSR count). The molecule has 0 spiro atoms. The Bertz CT molecular complexity index is 1060. The quantitative estimate of drug-likeness (QED) is 0.124. The van der Waals surface area contributed by atoms with Crippen molar-refractivity contribution in [1.29, 1.82) is 0 Å². The third-order valence-corrected chi connectivity index (χ3v) is 13.3. The summed E-state index contributed by atoms with van der Waals surface area (Å²) in [5, 5.41) is 13.9. The maximum absolute atomic E-state index is 10.4. The maximum atomic E-state index is 10.4. The van der Waals surface area contributed by atoms with Crippen molar-refractivity contribution < 1.29 is 24.1 Å². The Kier molecular flexibility index (Phi) is 14.2. The van der Waals surface area contributed by atoms with Crippen LogP contribution in [0.25, 0.3) is 0 Å². The third-order valence-electron chi connectivity index (χ3n) is 13.3. The van der Waals surface area contributed by atoms with Gasteiger partial charge < -0.3 is 35.1 Å². The molecule has 7 heteroatoms. The second kappa shape index (κ2) is 18.0. The van der Waals surface area contributed by atoms with Crippen LogP contribution in [0.3, 0.4) is 0 Å². The first-order valence-electron chi connectivity index (χ1n) is 19.4. The highest BCUT2D eigenvalue weighted by Crippen LogP contribution is 2.68. The number of nitrogens with one attached hydrogen (secondary N) is 1. The highest BCUT2D eigenvalue weighted by Gasteiger charge is 2.60. The highest BCUT2D eigenvalue weighted by atomic mass is 16.5. The van der Waals surface area contributed by atoms with E-state index in [1.807, 2.05) is 0 Å². The molecule has 4 aliphatic rings. The van der Waals surface area contributed by atoms with Gasteiger partial charge in [-0.1, -0.05) is 26.8 Å². The summed E-state index contributed by atoms with van der Waals surface area (Å²) in [5.41, 5.74) is 7.53. The summed E-state index contributed by atoms with van der Waals surface area (Å²) in [6.07, 6.45) is 16.0. The standard InChI is InChI=1S/C40H68N2O5/c1-30(36-13-14-37-35-12-11-31-28-33(43)15-17-39(31,2)38(35)16-18-40(36,37)3)8-5-23-47-34-10-4-9-32(29-34)42-20-7-22-45-25-27-46-26-24-44-21-6-19-41/h4,9-10,29-31,33,35-38,42-43H,5-8,11-28,41H2,1-3H3/t30-,31-,33-,35+,36-,37+,38+,39+,40-/m1/s1. The summed E-state index contributed by atoms with van der Waals surface area (Å²) < 4.78 is 22.9. The van der Waals surface area contributed by atoms with Crippen molar-refractivity contribution in [2.45, 2.75) is 110 Å². The Morgan fingerprint density at radius 3 is 2.34 bits per heavy atom. The monoisotopic (exact) mass is 657 g/mol. The summed E-state index contributed by atoms with van der Waals surface area (Å²) in [4.78, 5) is 0. The lowest BCUT2D eigenvalue weighted by Gasteiger charge is -2.61. The van der Waals surface area contributed by atoms with Crippen LogP contribution in [-0.4, -0.2) is 70.5 Å². The number of ether oxygens (including phenoxy) is 4. The fraction of sp³-hybridized carbons (Fsp3) is 0.850. The molecule has 0 aliphatic heterocycles. The van der Waals surface area contributed by atoms with Crippen LogP contribution < -0.4 is 15.8 Å². The Morgan fingerprint density at radius 2 is 1.55 bits per heavy atom. The zero-order valence-electron chi connectivity index (χ0n) is 30.1. The first kappa shape index (κ1) is 36.9. The number of fused-ring (bicyclic) bond motifs is 5. The number of hydrogen-bond acceptors (Lipinski definition) is 7. The van der Waals surface area contributed by atoms with E-state index in [9.17, 15) is 5.11 Å². The molecule has 0 aromatic heterocycles. The van der Waals surface area contributed by atoms with Crippen LogP contribution in [-0.2, 0) is 14.2 Å². The van der Waals surface area contributed by atoms with Gasteiger partial charge in [0.15, 0.2) is 0 Å². The highest BCUT2D eigenvalue weighted by molar-refractivity contribution is 5.48. The van der Waals surface area contributed by atoms with Crippen LogP contribution in [0.2, 0.25) is 0 Å². The molecule has 1 aromatic rings. The van der Waals surface area contributed by atoms with E-state index in [0.717, 1.165) is 92.2 Å². The molecule has 0 radical (unpaired) electrons. The number of rotatable bonds is 20. The van der Waals surface area contributed by atoms with E-state index in [4.69, 9.17) is 24.7 Å². The summed E-state index contributed by atoms with van der Waals surface area (Å²) in [6, 6.07) is 8.38. The van der Waals surface area contributed by atoms with Gasteiger partial charge in [-0.05, 0) is 148 Å². The van der Waals surface area contributed by atoms with Crippen LogP contribution >= 0.6 is 0 Å². The van der Waals surface area contributed by atoms with E-state index < -0.39 is 0 Å². The van der Waals surface area contributed by atoms with E-state index in [-0.39, 0.29) is 6.10 Å². The number of anilines is 1. The summed E-state index contributed by atoms with van der Waals surface area (Å²) >= 11 is 0. The van der Waals surface area contributed by atoms with E-state index in [1.54, 1.807) is 0 Å². The van der Waals surface area contributed by atoms with Gasteiger partial charge in [-0.3, -0.25) is 0 Å². The molecule has 7 nitrogen and oxygen atoms in total. The molecule has 0 saturated heterocycles. The molecule has 4 saturated carbocycles. The van der Waals surface area contributed by atoms with Gasteiger partial charge in [-0.2, -0.15) is 0 Å². The van der Waals surface area contributed by atoms with Crippen molar-refractivity contribution >= 4 is 5.69 Å². The largest absolute Gasteiger partial charge is 0.494 e. The topological polar surface area (TPSA) is 95.2 Å². The van der Waals surface area contributed by atoms with E-state index in [0.29, 0.717) is 57.0 Å². The zero-order valence-corrected chi connectivity index (χ0v) is 30.1. The summed E-state index contributed by atoms with van der Waals surface area (Å²) in [5.74, 6) is 6.03. The fourth-order valence-corrected chi connectivity index (χ4v) is 10.8. The number of benzene rings is 1. The minimum absolute atomic E-state index is 0.0454. The molecule has 0 heterocycles. The molecule has 1 aromatic carbocycles. The van der Waals surface area contributed by atoms with Gasteiger partial charge in [0.1, 0.15) is 5.75 Å². The van der Waals surface area contributed by atoms with Crippen molar-refractivity contribution in [3.63, 3.8) is 0 Å². The molecule has 4 N–H and O–H groups in total. The van der Waals surface area contributed by atoms with Crippen LogP contribution in [0.15, 0.2) is 24.3 Å². The Labute approximate surface area is 286 Å². The fourth-order valence-electron chi connectivity index (χ4n) is 10.8. The lowest BCUT2D eigenvalue weighted by molar-refractivity contribution is -0.129. The van der Waals surface area contributed by atoms with Gasteiger partial charge in [0.2, 0.25) is 0 Å². The second-order valence-corrected chi connectivity index (χ2v) is 16.1. The normalized spacial score (nSPS) is 33.9. The predicted molar refractivity (Wildman–Crippen MR) is 191 cm³/mol. The minimum atomic E-state index is -0.0454. The van der Waals surface area contributed by atoms with Crippen molar-refractivity contribution in [2.75, 3.05) is 64.7 Å². The second-order valence-electron chi connectivity index (χ2n) is 16.1. The lowest BCUT2D eigenvalue weighted by Crippen LogP contribution is -2.54. The number of hydrogen-bond donors (Lipinski definition) is 3. The molecule has 0 unspecified atom stereocenters. The van der Waals surface area contributed by atoms with Crippen molar-refractivity contribution in [1.82, 2.24) is 0 Å². The Balaban J connectivity index is 0.954. The van der Waals surface area contributed by atoms with E-state index in [1.165, 1.54) is 51.4 Å². The van der Waals surface area contributed by atoms with Gasteiger partial charge in [0, 0.05) is 31.5 Å². The first-order chi connectivity index (χ1) is 22.8. The average molecular weight is 657 g/mol. The van der Waals surface area contributed by atoms with Gasteiger partial charge in [0.25, 0.3) is 0 Å². The number of aliphatic hydroxyl groups excluding tert-OH is 1. The van der Waals surface area contributed by atoms with Crippen molar-refractivity contribution in [2.24, 2.45) is 52.1 Å². The van der Waals surface area contributed by atoms with Gasteiger partial charge in [-0.15, -0.1) is 0 Å². The lowest BCUT2D eigenvalue weighted by atomic mass is 9.44. The Hall–Kier alpha value is -1.38. The van der Waals surface area contributed by atoms with Gasteiger partial charge >= 0.3 is 0 Å².